The fraction of sp³-hybridized carbons (Fsp3) is 0.190. The lowest BCUT2D eigenvalue weighted by Gasteiger charge is -2.18. The Labute approximate surface area is 167 Å². The average molecular weight is 398 g/mol. The van der Waals surface area contributed by atoms with E-state index in [0.717, 1.165) is 5.56 Å². The summed E-state index contributed by atoms with van der Waals surface area (Å²) in [4.78, 5) is 25.2. The molecular formula is C21H20ClN3O3. The van der Waals surface area contributed by atoms with E-state index < -0.39 is 6.04 Å². The highest BCUT2D eigenvalue weighted by Gasteiger charge is 2.22. The van der Waals surface area contributed by atoms with Crippen LogP contribution in [0.3, 0.4) is 0 Å². The Morgan fingerprint density at radius 3 is 2.57 bits per heavy atom. The van der Waals surface area contributed by atoms with Crippen molar-refractivity contribution in [1.29, 1.82) is 0 Å². The van der Waals surface area contributed by atoms with Crippen molar-refractivity contribution in [3.8, 4) is 17.0 Å². The Morgan fingerprint density at radius 1 is 1.18 bits per heavy atom. The van der Waals surface area contributed by atoms with Crippen LogP contribution in [0.1, 0.15) is 19.4 Å². The van der Waals surface area contributed by atoms with Crippen molar-refractivity contribution in [2.24, 2.45) is 0 Å². The summed E-state index contributed by atoms with van der Waals surface area (Å²) >= 11 is 6.11. The van der Waals surface area contributed by atoms with Crippen LogP contribution in [-0.2, 0) is 4.79 Å². The van der Waals surface area contributed by atoms with E-state index in [-0.39, 0.29) is 11.5 Å². The van der Waals surface area contributed by atoms with E-state index in [1.54, 1.807) is 24.3 Å². The van der Waals surface area contributed by atoms with E-state index in [0.29, 0.717) is 28.6 Å². The molecule has 3 aromatic rings. The summed E-state index contributed by atoms with van der Waals surface area (Å²) in [5.41, 5.74) is 1.67. The normalized spacial score (nSPS) is 11.7. The van der Waals surface area contributed by atoms with Gasteiger partial charge < -0.3 is 10.1 Å². The Kier molecular flexibility index (Phi) is 6.11. The van der Waals surface area contributed by atoms with Crippen LogP contribution in [0.15, 0.2) is 65.5 Å². The fourth-order valence-electron chi connectivity index (χ4n) is 2.85. The van der Waals surface area contributed by atoms with Crippen LogP contribution in [0.25, 0.3) is 11.3 Å². The molecule has 28 heavy (non-hydrogen) atoms. The predicted octanol–water partition coefficient (Wildman–Crippen LogP) is 4.16. The molecular weight excluding hydrogens is 378 g/mol. The third-order valence-corrected chi connectivity index (χ3v) is 4.59. The Hall–Kier alpha value is -3.12. The van der Waals surface area contributed by atoms with Gasteiger partial charge in [-0.2, -0.15) is 5.10 Å². The lowest BCUT2D eigenvalue weighted by atomic mass is 10.1. The molecule has 0 bridgehead atoms. The largest absolute Gasteiger partial charge is 0.495 e. The number of anilines is 1. The van der Waals surface area contributed by atoms with Crippen molar-refractivity contribution in [2.45, 2.75) is 19.4 Å². The summed E-state index contributed by atoms with van der Waals surface area (Å²) in [5, 5.41) is 7.59. The van der Waals surface area contributed by atoms with Gasteiger partial charge in [0.05, 0.1) is 17.8 Å². The molecule has 0 saturated heterocycles. The van der Waals surface area contributed by atoms with Gasteiger partial charge in [0.1, 0.15) is 11.8 Å². The lowest BCUT2D eigenvalue weighted by Crippen LogP contribution is -2.34. The molecule has 144 valence electrons. The summed E-state index contributed by atoms with van der Waals surface area (Å²) < 4.78 is 6.34. The Balaban J connectivity index is 1.89. The number of methoxy groups -OCH3 is 1. The van der Waals surface area contributed by atoms with Gasteiger partial charge in [-0.15, -0.1) is 0 Å². The van der Waals surface area contributed by atoms with Gasteiger partial charge in [0.2, 0.25) is 5.91 Å². The molecule has 1 heterocycles. The second kappa shape index (κ2) is 8.71. The molecule has 0 fully saturated rings. The van der Waals surface area contributed by atoms with Gasteiger partial charge in [-0.3, -0.25) is 9.59 Å². The SMILES string of the molecule is CC[C@@H](C(=O)Nc1ccc(OC)c(Cl)c1)n1nc(-c2ccccc2)ccc1=O. The second-order valence-corrected chi connectivity index (χ2v) is 6.54. The zero-order valence-corrected chi connectivity index (χ0v) is 16.3. The molecule has 0 saturated carbocycles. The first-order valence-corrected chi connectivity index (χ1v) is 9.21. The lowest BCUT2D eigenvalue weighted by molar-refractivity contribution is -0.119. The van der Waals surface area contributed by atoms with Crippen molar-refractivity contribution in [1.82, 2.24) is 9.78 Å². The third-order valence-electron chi connectivity index (χ3n) is 4.30. The smallest absolute Gasteiger partial charge is 0.267 e. The fourth-order valence-corrected chi connectivity index (χ4v) is 3.11. The minimum absolute atomic E-state index is 0.338. The minimum Gasteiger partial charge on any atom is -0.495 e. The summed E-state index contributed by atoms with van der Waals surface area (Å²) in [6.45, 7) is 1.83. The van der Waals surface area contributed by atoms with Crippen molar-refractivity contribution >= 4 is 23.2 Å². The third kappa shape index (κ3) is 4.23. The Bertz CT molecular complexity index is 1030. The van der Waals surface area contributed by atoms with Gasteiger partial charge >= 0.3 is 0 Å². The molecule has 3 rings (SSSR count). The highest BCUT2D eigenvalue weighted by molar-refractivity contribution is 6.32. The first-order chi connectivity index (χ1) is 13.5. The number of nitrogens with zero attached hydrogens (tertiary/aromatic N) is 2. The minimum atomic E-state index is -0.753. The highest BCUT2D eigenvalue weighted by Crippen LogP contribution is 2.27. The first-order valence-electron chi connectivity index (χ1n) is 8.83. The summed E-state index contributed by atoms with van der Waals surface area (Å²) in [6.07, 6.45) is 0.404. The number of aromatic nitrogens is 2. The van der Waals surface area contributed by atoms with Crippen LogP contribution in [0, 0.1) is 0 Å². The van der Waals surface area contributed by atoms with Crippen molar-refractivity contribution in [3.05, 3.63) is 76.0 Å². The van der Waals surface area contributed by atoms with Crippen LogP contribution in [-0.4, -0.2) is 22.8 Å². The van der Waals surface area contributed by atoms with Crippen LogP contribution in [0.4, 0.5) is 5.69 Å². The number of amides is 1. The Morgan fingerprint density at radius 2 is 1.93 bits per heavy atom. The van der Waals surface area contributed by atoms with Crippen LogP contribution < -0.4 is 15.6 Å². The van der Waals surface area contributed by atoms with Crippen molar-refractivity contribution < 1.29 is 9.53 Å². The highest BCUT2D eigenvalue weighted by atomic mass is 35.5. The molecule has 0 aliphatic heterocycles. The topological polar surface area (TPSA) is 73.2 Å². The molecule has 2 aromatic carbocycles. The molecule has 0 spiro atoms. The number of benzene rings is 2. The zero-order valence-electron chi connectivity index (χ0n) is 15.6. The number of nitrogens with one attached hydrogen (secondary N) is 1. The maximum atomic E-state index is 12.8. The molecule has 6 nitrogen and oxygen atoms in total. The van der Waals surface area contributed by atoms with Crippen LogP contribution in [0.5, 0.6) is 5.75 Å². The maximum absolute atomic E-state index is 12.8. The van der Waals surface area contributed by atoms with Gasteiger partial charge in [0.15, 0.2) is 0 Å². The van der Waals surface area contributed by atoms with E-state index >= 15 is 0 Å². The zero-order chi connectivity index (χ0) is 20.1. The van der Waals surface area contributed by atoms with Gasteiger partial charge in [-0.25, -0.2) is 4.68 Å². The second-order valence-electron chi connectivity index (χ2n) is 6.13. The monoisotopic (exact) mass is 397 g/mol. The molecule has 1 amide bonds. The van der Waals surface area contributed by atoms with Gasteiger partial charge in [-0.05, 0) is 30.7 Å². The number of carbonyl (C=O) groups excluding carboxylic acids is 1. The molecule has 0 aliphatic rings. The molecule has 1 atom stereocenters. The molecule has 0 radical (unpaired) electrons. The van der Waals surface area contributed by atoms with Gasteiger partial charge in [-0.1, -0.05) is 48.9 Å². The molecule has 0 aliphatic carbocycles. The van der Waals surface area contributed by atoms with E-state index in [2.05, 4.69) is 10.4 Å². The quantitative estimate of drug-likeness (QED) is 0.677. The van der Waals surface area contributed by atoms with Crippen LogP contribution in [0.2, 0.25) is 5.02 Å². The first kappa shape index (κ1) is 19.6. The summed E-state index contributed by atoms with van der Waals surface area (Å²) in [6, 6.07) is 16.8. The standard InChI is InChI=1S/C21H20ClN3O3/c1-3-18(21(27)23-15-9-11-19(28-2)16(22)13-15)25-20(26)12-10-17(24-25)14-7-5-4-6-8-14/h4-13,18H,3H2,1-2H3,(H,23,27)/t18-/m0/s1. The number of hydrogen-bond acceptors (Lipinski definition) is 4. The van der Waals surface area contributed by atoms with E-state index in [1.807, 2.05) is 37.3 Å². The number of hydrogen-bond donors (Lipinski definition) is 1. The van der Waals surface area contributed by atoms with E-state index in [1.165, 1.54) is 17.9 Å². The number of rotatable bonds is 6. The number of carbonyl (C=O) groups is 1. The maximum Gasteiger partial charge on any atom is 0.267 e. The molecule has 1 N–H and O–H groups in total. The molecule has 1 aromatic heterocycles. The molecule has 7 heteroatoms. The summed E-state index contributed by atoms with van der Waals surface area (Å²) in [7, 11) is 1.52. The van der Waals surface area contributed by atoms with Gasteiger partial charge in [0, 0.05) is 17.3 Å². The number of ether oxygens (including phenoxy) is 1. The predicted molar refractivity (Wildman–Crippen MR) is 110 cm³/mol. The van der Waals surface area contributed by atoms with Crippen LogP contribution >= 0.6 is 11.6 Å². The van der Waals surface area contributed by atoms with E-state index in [4.69, 9.17) is 16.3 Å². The summed E-state index contributed by atoms with van der Waals surface area (Å²) in [5.74, 6) is 0.170. The number of halogens is 1. The van der Waals surface area contributed by atoms with E-state index in [9.17, 15) is 9.59 Å². The average Bonchev–Trinajstić information content (AvgIpc) is 2.71. The molecule has 0 unspecified atom stereocenters. The van der Waals surface area contributed by atoms with Crippen molar-refractivity contribution in [3.63, 3.8) is 0 Å². The van der Waals surface area contributed by atoms with Gasteiger partial charge in [0.25, 0.3) is 5.56 Å². The van der Waals surface area contributed by atoms with Crippen molar-refractivity contribution in [2.75, 3.05) is 12.4 Å².